The van der Waals surface area contributed by atoms with E-state index in [0.717, 1.165) is 5.75 Å². The minimum atomic E-state index is -0.712. The van der Waals surface area contributed by atoms with Gasteiger partial charge in [0.25, 0.3) is 5.91 Å². The summed E-state index contributed by atoms with van der Waals surface area (Å²) in [6.07, 6.45) is 4.77. The third kappa shape index (κ3) is 5.38. The highest BCUT2D eigenvalue weighted by molar-refractivity contribution is 5.84. The first kappa shape index (κ1) is 18.5. The van der Waals surface area contributed by atoms with E-state index in [2.05, 4.69) is 10.9 Å². The van der Waals surface area contributed by atoms with Crippen LogP contribution < -0.4 is 20.3 Å². The van der Waals surface area contributed by atoms with Crippen LogP contribution in [-0.2, 0) is 9.59 Å². The van der Waals surface area contributed by atoms with Crippen molar-refractivity contribution in [2.75, 3.05) is 6.61 Å². The van der Waals surface area contributed by atoms with Crippen molar-refractivity contribution in [2.24, 2.45) is 17.8 Å². The first-order valence-electron chi connectivity index (χ1n) is 9.55. The molecule has 0 aromatic heterocycles. The summed E-state index contributed by atoms with van der Waals surface area (Å²) in [5.74, 6) is 2.76. The first-order chi connectivity index (χ1) is 12.6. The lowest BCUT2D eigenvalue weighted by molar-refractivity contribution is -0.133. The van der Waals surface area contributed by atoms with E-state index in [1.54, 1.807) is 31.2 Å². The minimum Gasteiger partial charge on any atom is -0.494 e. The zero-order valence-electron chi connectivity index (χ0n) is 15.5. The van der Waals surface area contributed by atoms with Crippen molar-refractivity contribution in [1.29, 1.82) is 0 Å². The molecule has 3 rings (SSSR count). The average molecular weight is 360 g/mol. The third-order valence-corrected chi connectivity index (χ3v) is 5.02. The molecule has 2 N–H and O–H groups in total. The SMILES string of the molecule is CCOc1ccc(OC(C)C(=O)NNC(=O)CC(C2CC2)C2CC2)cc1. The van der Waals surface area contributed by atoms with Gasteiger partial charge in [0.15, 0.2) is 6.10 Å². The van der Waals surface area contributed by atoms with E-state index in [1.165, 1.54) is 25.7 Å². The summed E-state index contributed by atoms with van der Waals surface area (Å²) < 4.78 is 11.0. The van der Waals surface area contributed by atoms with Crippen LogP contribution in [0.5, 0.6) is 11.5 Å². The van der Waals surface area contributed by atoms with Crippen LogP contribution in [0.15, 0.2) is 24.3 Å². The van der Waals surface area contributed by atoms with Gasteiger partial charge >= 0.3 is 0 Å². The molecule has 0 bridgehead atoms. The van der Waals surface area contributed by atoms with Crippen LogP contribution in [0.25, 0.3) is 0 Å². The summed E-state index contributed by atoms with van der Waals surface area (Å²) in [4.78, 5) is 24.2. The minimum absolute atomic E-state index is 0.115. The fourth-order valence-electron chi connectivity index (χ4n) is 3.30. The molecule has 2 fully saturated rings. The lowest BCUT2D eigenvalue weighted by Crippen LogP contribution is -2.47. The molecule has 0 spiro atoms. The average Bonchev–Trinajstić information content (AvgIpc) is 3.52. The van der Waals surface area contributed by atoms with Crippen molar-refractivity contribution in [2.45, 2.75) is 52.1 Å². The number of hydrogen-bond donors (Lipinski definition) is 2. The van der Waals surface area contributed by atoms with E-state index in [1.807, 2.05) is 6.92 Å². The Hall–Kier alpha value is -2.24. The maximum Gasteiger partial charge on any atom is 0.279 e. The summed E-state index contributed by atoms with van der Waals surface area (Å²) >= 11 is 0. The number of nitrogens with one attached hydrogen (secondary N) is 2. The second-order valence-corrected chi connectivity index (χ2v) is 7.24. The van der Waals surface area contributed by atoms with Crippen molar-refractivity contribution < 1.29 is 19.1 Å². The second kappa shape index (κ2) is 8.43. The van der Waals surface area contributed by atoms with Crippen LogP contribution in [0, 0.1) is 17.8 Å². The van der Waals surface area contributed by atoms with Crippen LogP contribution in [0.2, 0.25) is 0 Å². The van der Waals surface area contributed by atoms with Crippen molar-refractivity contribution >= 4 is 11.8 Å². The Morgan fingerprint density at radius 3 is 2.15 bits per heavy atom. The topological polar surface area (TPSA) is 76.7 Å². The molecular formula is C20H28N2O4. The molecule has 1 aromatic rings. The Bertz CT molecular complexity index is 611. The number of carbonyl (C=O) groups excluding carboxylic acids is 2. The molecule has 0 saturated heterocycles. The molecule has 1 atom stereocenters. The van der Waals surface area contributed by atoms with Gasteiger partial charge in [-0.15, -0.1) is 0 Å². The zero-order valence-corrected chi connectivity index (χ0v) is 15.5. The van der Waals surface area contributed by atoms with Crippen LogP contribution >= 0.6 is 0 Å². The van der Waals surface area contributed by atoms with E-state index < -0.39 is 6.10 Å². The Kier molecular flexibility index (Phi) is 6.01. The molecule has 142 valence electrons. The van der Waals surface area contributed by atoms with Crippen molar-refractivity contribution in [3.8, 4) is 11.5 Å². The fraction of sp³-hybridized carbons (Fsp3) is 0.600. The number of carbonyl (C=O) groups is 2. The molecule has 2 saturated carbocycles. The van der Waals surface area contributed by atoms with E-state index in [9.17, 15) is 9.59 Å². The lowest BCUT2D eigenvalue weighted by atomic mass is 9.94. The van der Waals surface area contributed by atoms with E-state index >= 15 is 0 Å². The van der Waals surface area contributed by atoms with Gasteiger partial charge in [-0.1, -0.05) is 0 Å². The second-order valence-electron chi connectivity index (χ2n) is 7.24. The number of benzene rings is 1. The van der Waals surface area contributed by atoms with Gasteiger partial charge in [0.05, 0.1) is 6.61 Å². The molecule has 6 heteroatoms. The molecular weight excluding hydrogens is 332 g/mol. The van der Waals surface area contributed by atoms with Crippen LogP contribution in [0.1, 0.15) is 46.0 Å². The smallest absolute Gasteiger partial charge is 0.279 e. The molecule has 1 unspecified atom stereocenters. The van der Waals surface area contributed by atoms with E-state index in [-0.39, 0.29) is 11.8 Å². The van der Waals surface area contributed by atoms with Crippen molar-refractivity contribution in [3.05, 3.63) is 24.3 Å². The van der Waals surface area contributed by atoms with Crippen LogP contribution in [0.3, 0.4) is 0 Å². The summed E-state index contributed by atoms with van der Waals surface area (Å²) in [7, 11) is 0. The number of ether oxygens (including phenoxy) is 2. The highest BCUT2D eigenvalue weighted by Crippen LogP contribution is 2.50. The zero-order chi connectivity index (χ0) is 18.5. The van der Waals surface area contributed by atoms with E-state index in [4.69, 9.17) is 9.47 Å². The Balaban J connectivity index is 1.39. The summed E-state index contributed by atoms with van der Waals surface area (Å²) in [6.45, 7) is 4.17. The van der Waals surface area contributed by atoms with Gasteiger partial charge in [-0.25, -0.2) is 0 Å². The Morgan fingerprint density at radius 1 is 1.04 bits per heavy atom. The standard InChI is InChI=1S/C20H28N2O4/c1-3-25-16-8-10-17(11-9-16)26-13(2)20(24)22-21-19(23)12-18(14-4-5-14)15-6-7-15/h8-11,13-15,18H,3-7,12H2,1-2H3,(H,21,23)(H,22,24). The Labute approximate surface area is 154 Å². The maximum atomic E-state index is 12.1. The Morgan fingerprint density at radius 2 is 1.62 bits per heavy atom. The highest BCUT2D eigenvalue weighted by Gasteiger charge is 2.42. The fourth-order valence-corrected chi connectivity index (χ4v) is 3.30. The molecule has 26 heavy (non-hydrogen) atoms. The summed E-state index contributed by atoms with van der Waals surface area (Å²) in [5, 5.41) is 0. The highest BCUT2D eigenvalue weighted by atomic mass is 16.5. The predicted molar refractivity (Wildman–Crippen MR) is 97.5 cm³/mol. The quantitative estimate of drug-likeness (QED) is 0.664. The molecule has 1 aromatic carbocycles. The number of hydrogen-bond acceptors (Lipinski definition) is 4. The van der Waals surface area contributed by atoms with Gasteiger partial charge in [-0.3, -0.25) is 20.4 Å². The van der Waals surface area contributed by atoms with Gasteiger partial charge < -0.3 is 9.47 Å². The third-order valence-electron chi connectivity index (χ3n) is 5.02. The van der Waals surface area contributed by atoms with Crippen LogP contribution in [0.4, 0.5) is 0 Å². The normalized spacial score (nSPS) is 17.5. The first-order valence-corrected chi connectivity index (χ1v) is 9.55. The molecule has 2 aliphatic rings. The van der Waals surface area contributed by atoms with E-state index in [0.29, 0.717) is 36.5 Å². The van der Waals surface area contributed by atoms with Gasteiger partial charge in [0, 0.05) is 6.42 Å². The molecule has 0 heterocycles. The van der Waals surface area contributed by atoms with Gasteiger partial charge in [0.1, 0.15) is 11.5 Å². The number of amides is 2. The van der Waals surface area contributed by atoms with Crippen molar-refractivity contribution in [1.82, 2.24) is 10.9 Å². The van der Waals surface area contributed by atoms with Gasteiger partial charge in [-0.05, 0) is 81.5 Å². The molecule has 0 aliphatic heterocycles. The van der Waals surface area contributed by atoms with Crippen LogP contribution in [-0.4, -0.2) is 24.5 Å². The number of rotatable bonds is 9. The predicted octanol–water partition coefficient (Wildman–Crippen LogP) is 2.83. The molecule has 6 nitrogen and oxygen atoms in total. The van der Waals surface area contributed by atoms with Gasteiger partial charge in [-0.2, -0.15) is 0 Å². The lowest BCUT2D eigenvalue weighted by Gasteiger charge is -2.17. The summed E-state index contributed by atoms with van der Waals surface area (Å²) in [5.41, 5.74) is 5.00. The molecule has 2 amide bonds. The number of hydrazine groups is 1. The van der Waals surface area contributed by atoms with Crippen molar-refractivity contribution in [3.63, 3.8) is 0 Å². The maximum absolute atomic E-state index is 12.1. The largest absolute Gasteiger partial charge is 0.494 e. The summed E-state index contributed by atoms with van der Waals surface area (Å²) in [6, 6.07) is 7.09. The molecule has 0 radical (unpaired) electrons. The van der Waals surface area contributed by atoms with Gasteiger partial charge in [0.2, 0.25) is 5.91 Å². The monoisotopic (exact) mass is 360 g/mol. The molecule has 2 aliphatic carbocycles.